The fraction of sp³-hybridized carbons (Fsp3) is 0. The van der Waals surface area contributed by atoms with E-state index in [0.29, 0.717) is 0 Å². The molecular formula is C5H8Re-. The summed E-state index contributed by atoms with van der Waals surface area (Å²) in [5.41, 5.74) is 0. The van der Waals surface area contributed by atoms with Crippen molar-refractivity contribution in [1.82, 2.24) is 0 Å². The summed E-state index contributed by atoms with van der Waals surface area (Å²) in [5, 5.41) is 0. The van der Waals surface area contributed by atoms with E-state index in [1.165, 1.54) is 0 Å². The molecule has 0 aliphatic carbocycles. The van der Waals surface area contributed by atoms with Crippen LogP contribution in [0.15, 0.2) is 30.3 Å². The van der Waals surface area contributed by atoms with Crippen LogP contribution in [0.3, 0.4) is 0 Å². The fourth-order valence-corrected chi connectivity index (χ4v) is 0.321. The summed E-state index contributed by atoms with van der Waals surface area (Å²) in [5.74, 6) is 0. The molecule has 0 atom stereocenters. The van der Waals surface area contributed by atoms with Gasteiger partial charge in [0.05, 0.1) is 0 Å². The quantitative estimate of drug-likeness (QED) is 0.595. The molecule has 0 nitrogen and oxygen atoms in total. The summed E-state index contributed by atoms with van der Waals surface area (Å²) >= 11 is 0. The summed E-state index contributed by atoms with van der Waals surface area (Å²) in [6.45, 7) is 0. The minimum absolute atomic E-state index is 0. The van der Waals surface area contributed by atoms with Gasteiger partial charge in [-0.3, -0.25) is 0 Å². The molecular weight excluding hydrogens is 246 g/mol. The minimum atomic E-state index is 0. The molecule has 1 rings (SSSR count). The van der Waals surface area contributed by atoms with E-state index in [9.17, 15) is 0 Å². The molecule has 0 N–H and O–H groups in total. The van der Waals surface area contributed by atoms with Gasteiger partial charge in [-0.1, -0.05) is 0 Å². The molecule has 0 unspecified atom stereocenters. The summed E-state index contributed by atoms with van der Waals surface area (Å²) in [6.07, 6.45) is 0. The Bertz CT molecular complexity index is 60.4. The third-order valence-corrected chi connectivity index (χ3v) is 0.556. The average Bonchev–Trinajstić information content (AvgIpc) is 1.76. The molecule has 0 bridgehead atoms. The van der Waals surface area contributed by atoms with E-state index in [1.807, 2.05) is 30.3 Å². The normalized spacial score (nSPS) is 6.67. The monoisotopic (exact) mass is 255 g/mol. The Morgan fingerprint density at radius 3 is 1.67 bits per heavy atom. The van der Waals surface area contributed by atoms with Gasteiger partial charge in [0.25, 0.3) is 0 Å². The van der Waals surface area contributed by atoms with Crippen molar-refractivity contribution in [2.24, 2.45) is 0 Å². The van der Waals surface area contributed by atoms with E-state index >= 15 is 0 Å². The number of hydrogen-bond acceptors (Lipinski definition) is 0. The van der Waals surface area contributed by atoms with E-state index in [1.54, 1.807) is 0 Å². The maximum Gasteiger partial charge on any atom is -0.172 e. The molecule has 1 radical (unpaired) electrons. The van der Waals surface area contributed by atoms with Crippen LogP contribution in [0.1, 0.15) is 0 Å². The van der Waals surface area contributed by atoms with Crippen molar-refractivity contribution in [3.05, 3.63) is 30.3 Å². The Morgan fingerprint density at radius 2 is 1.50 bits per heavy atom. The predicted octanol–water partition coefficient (Wildman–Crippen LogP) is 0.600. The van der Waals surface area contributed by atoms with E-state index in [4.69, 9.17) is 0 Å². The van der Waals surface area contributed by atoms with Crippen LogP contribution in [0.2, 0.25) is 0 Å². The molecule has 1 aromatic carbocycles. The molecule has 1 heteroatoms. The van der Waals surface area contributed by atoms with E-state index in [-0.39, 0.29) is 20.4 Å². The van der Waals surface area contributed by atoms with Crippen molar-refractivity contribution >= 4 is 0 Å². The van der Waals surface area contributed by atoms with Gasteiger partial charge in [0.2, 0.25) is 0 Å². The van der Waals surface area contributed by atoms with Crippen molar-refractivity contribution in [1.29, 1.82) is 0 Å². The first-order chi connectivity index (χ1) is 2.50. The van der Waals surface area contributed by atoms with E-state index in [0.717, 1.165) is 0 Å². The Balaban J connectivity index is 0.000000250. The molecule has 0 amide bonds. The van der Waals surface area contributed by atoms with Crippen LogP contribution in [0.25, 0.3) is 0 Å². The van der Waals surface area contributed by atoms with Crippen LogP contribution in [0, 0.1) is 0 Å². The Kier molecular flexibility index (Phi) is 3.22. The molecule has 0 spiro atoms. The second-order valence-electron chi connectivity index (χ2n) is 0.962. The third-order valence-electron chi connectivity index (χ3n) is 0.556. The van der Waals surface area contributed by atoms with Gasteiger partial charge < -0.3 is 0 Å². The van der Waals surface area contributed by atoms with Gasteiger partial charge in [-0.25, -0.2) is 12.1 Å². The molecule has 0 aliphatic rings. The first-order valence-corrected chi connectivity index (χ1v) is 1.67. The minimum Gasteiger partial charge on any atom is -0.214 e. The topological polar surface area (TPSA) is 0 Å². The van der Waals surface area contributed by atoms with Crippen molar-refractivity contribution in [2.45, 2.75) is 0 Å². The summed E-state index contributed by atoms with van der Waals surface area (Å²) < 4.78 is 0. The van der Waals surface area contributed by atoms with Gasteiger partial charge in [0.15, 0.2) is 0 Å². The summed E-state index contributed by atoms with van der Waals surface area (Å²) in [7, 11) is 0. The van der Waals surface area contributed by atoms with Crippen molar-refractivity contribution in [3.63, 3.8) is 0 Å². The predicted molar refractivity (Wildman–Crippen MR) is 26.2 cm³/mol. The smallest absolute Gasteiger partial charge is 0.172 e. The molecule has 0 fully saturated rings. The van der Waals surface area contributed by atoms with Gasteiger partial charge in [-0.2, -0.15) is 18.2 Å². The first-order valence-electron chi connectivity index (χ1n) is 1.67. The average molecular weight is 254 g/mol. The summed E-state index contributed by atoms with van der Waals surface area (Å²) in [4.78, 5) is 0. The molecule has 0 aliphatic heterocycles. The van der Waals surface area contributed by atoms with Crippen LogP contribution in [0.4, 0.5) is 0 Å². The van der Waals surface area contributed by atoms with Gasteiger partial charge in [-0.05, 0) is 0 Å². The standard InChI is InChI=1S/C5H5.Re.3H/c1-2-4-5-3-1;;;;/h1-5H;;;;/q-1;;;;. The van der Waals surface area contributed by atoms with Crippen molar-refractivity contribution < 1.29 is 20.4 Å². The largest absolute Gasteiger partial charge is 0.214 e. The van der Waals surface area contributed by atoms with Gasteiger partial charge in [0, 0.05) is 0 Å². The Hall–Kier alpha value is 0.0123. The van der Waals surface area contributed by atoms with Gasteiger partial charge in [-0.15, -0.1) is 0 Å². The maximum absolute atomic E-state index is 2.00. The molecule has 36 valence electrons. The zero-order valence-corrected chi connectivity index (χ0v) is 6.98. The molecule has 6 heavy (non-hydrogen) atoms. The summed E-state index contributed by atoms with van der Waals surface area (Å²) in [6, 6.07) is 10.0. The van der Waals surface area contributed by atoms with E-state index in [2.05, 4.69) is 0 Å². The van der Waals surface area contributed by atoms with Crippen LogP contribution in [-0.2, 0) is 20.4 Å². The van der Waals surface area contributed by atoms with Crippen LogP contribution >= 0.6 is 0 Å². The SMILES string of the molecule is [ReH3].c1cc[cH-]c1. The van der Waals surface area contributed by atoms with Crippen LogP contribution < -0.4 is 0 Å². The van der Waals surface area contributed by atoms with Crippen molar-refractivity contribution in [3.8, 4) is 0 Å². The molecule has 0 saturated carbocycles. The van der Waals surface area contributed by atoms with E-state index < -0.39 is 0 Å². The first kappa shape index (κ1) is 6.01. The molecule has 0 aromatic heterocycles. The number of hydrogen-bond donors (Lipinski definition) is 0. The zero-order chi connectivity index (χ0) is 3.54. The van der Waals surface area contributed by atoms with Crippen LogP contribution in [0.5, 0.6) is 0 Å². The fourth-order valence-electron chi connectivity index (χ4n) is 0.321. The molecule has 0 saturated heterocycles. The Morgan fingerprint density at radius 1 is 1.00 bits per heavy atom. The van der Waals surface area contributed by atoms with Crippen LogP contribution in [-0.4, -0.2) is 0 Å². The van der Waals surface area contributed by atoms with Crippen molar-refractivity contribution in [2.75, 3.05) is 0 Å². The second-order valence-corrected chi connectivity index (χ2v) is 0.962. The Labute approximate surface area is 51.2 Å². The van der Waals surface area contributed by atoms with Gasteiger partial charge in [0.1, 0.15) is 0 Å². The second kappa shape index (κ2) is 3.21. The molecule has 1 aromatic rings. The van der Waals surface area contributed by atoms with Gasteiger partial charge >= 0.3 is 20.4 Å². The number of rotatable bonds is 0. The maximum atomic E-state index is 2.00. The third kappa shape index (κ3) is 1.45. The zero-order valence-electron chi connectivity index (χ0n) is 3.39. The molecule has 0 heterocycles.